The summed E-state index contributed by atoms with van der Waals surface area (Å²) in [6, 6.07) is 0.00964. The Balaban J connectivity index is 2.21. The minimum atomic E-state index is -0.428. The molecular formula is C23H41NO5. The van der Waals surface area contributed by atoms with Gasteiger partial charge in [0.25, 0.3) is 0 Å². The summed E-state index contributed by atoms with van der Waals surface area (Å²) in [5, 5.41) is 0. The molecule has 2 rings (SSSR count). The summed E-state index contributed by atoms with van der Waals surface area (Å²) in [6.07, 6.45) is 3.26. The van der Waals surface area contributed by atoms with Crippen molar-refractivity contribution in [3.05, 3.63) is 0 Å². The first-order chi connectivity index (χ1) is 13.6. The van der Waals surface area contributed by atoms with Gasteiger partial charge in [-0.3, -0.25) is 9.59 Å². The van der Waals surface area contributed by atoms with Crippen LogP contribution in [0.1, 0.15) is 80.1 Å². The molecule has 0 amide bonds. The predicted molar refractivity (Wildman–Crippen MR) is 112 cm³/mol. The second-order valence-corrected chi connectivity index (χ2v) is 9.38. The molecule has 0 saturated carbocycles. The van der Waals surface area contributed by atoms with Gasteiger partial charge in [0.1, 0.15) is 11.9 Å². The fourth-order valence-electron chi connectivity index (χ4n) is 4.61. The lowest BCUT2D eigenvalue weighted by Gasteiger charge is -2.38. The van der Waals surface area contributed by atoms with E-state index in [1.54, 1.807) is 0 Å². The largest absolute Gasteiger partial charge is 0.462 e. The van der Waals surface area contributed by atoms with E-state index in [1.807, 2.05) is 27.7 Å². The van der Waals surface area contributed by atoms with Crippen LogP contribution in [0, 0.1) is 23.7 Å². The van der Waals surface area contributed by atoms with Gasteiger partial charge in [-0.25, -0.2) is 0 Å². The van der Waals surface area contributed by atoms with Gasteiger partial charge in [0.05, 0.1) is 18.1 Å². The second kappa shape index (κ2) is 10.9. The highest BCUT2D eigenvalue weighted by Crippen LogP contribution is 2.31. The quantitative estimate of drug-likeness (QED) is 0.710. The third-order valence-electron chi connectivity index (χ3n) is 6.87. The predicted octanol–water partition coefficient (Wildman–Crippen LogP) is 3.84. The van der Waals surface area contributed by atoms with Gasteiger partial charge in [0.15, 0.2) is 6.29 Å². The number of cyclic esters (lactones) is 1. The molecule has 2 saturated heterocycles. The average Bonchev–Trinajstić information content (AvgIpc) is 2.68. The lowest BCUT2D eigenvalue weighted by atomic mass is 9.83. The molecule has 2 aliphatic rings. The minimum Gasteiger partial charge on any atom is -0.462 e. The summed E-state index contributed by atoms with van der Waals surface area (Å²) in [7, 11) is 0. The van der Waals surface area contributed by atoms with Crippen molar-refractivity contribution in [3.8, 4) is 0 Å². The number of hydrogen-bond acceptors (Lipinski definition) is 6. The lowest BCUT2D eigenvalue weighted by molar-refractivity contribution is -0.234. The Labute approximate surface area is 176 Å². The normalized spacial score (nSPS) is 43.2. The van der Waals surface area contributed by atoms with Crippen LogP contribution in [-0.2, 0) is 23.8 Å². The molecule has 0 aromatic heterocycles. The maximum atomic E-state index is 13.0. The van der Waals surface area contributed by atoms with Crippen LogP contribution < -0.4 is 5.73 Å². The molecule has 0 aromatic carbocycles. The summed E-state index contributed by atoms with van der Waals surface area (Å²) in [4.78, 5) is 25.6. The number of carbonyl (C=O) groups excluding carboxylic acids is 2. The van der Waals surface area contributed by atoms with Gasteiger partial charge in [-0.2, -0.15) is 0 Å². The number of nitrogens with two attached hydrogens (primary N) is 1. The lowest BCUT2D eigenvalue weighted by Crippen LogP contribution is -2.47. The van der Waals surface area contributed by atoms with Crippen LogP contribution in [0.5, 0.6) is 0 Å². The Morgan fingerprint density at radius 1 is 1.03 bits per heavy atom. The van der Waals surface area contributed by atoms with E-state index in [9.17, 15) is 9.59 Å². The Bertz CT molecular complexity index is 553. The zero-order valence-electron chi connectivity index (χ0n) is 19.1. The Morgan fingerprint density at radius 2 is 1.72 bits per heavy atom. The molecule has 2 fully saturated rings. The van der Waals surface area contributed by atoms with Crippen LogP contribution in [0.15, 0.2) is 0 Å². The zero-order chi connectivity index (χ0) is 21.7. The fourth-order valence-corrected chi connectivity index (χ4v) is 4.61. The van der Waals surface area contributed by atoms with Crippen LogP contribution in [0.4, 0.5) is 0 Å². The average molecular weight is 412 g/mol. The third-order valence-corrected chi connectivity index (χ3v) is 6.87. The highest BCUT2D eigenvalue weighted by atomic mass is 16.7. The van der Waals surface area contributed by atoms with Crippen LogP contribution in [-0.4, -0.2) is 42.4 Å². The van der Waals surface area contributed by atoms with Crippen LogP contribution in [0.2, 0.25) is 0 Å². The maximum Gasteiger partial charge on any atom is 0.311 e. The molecular weight excluding hydrogens is 370 g/mol. The molecule has 6 heteroatoms. The van der Waals surface area contributed by atoms with Gasteiger partial charge in [0.2, 0.25) is 0 Å². The van der Waals surface area contributed by atoms with E-state index in [0.29, 0.717) is 19.3 Å². The standard InChI is InChI=1S/C23H41NO5/c1-7-20-13(2)8-10-19(25)14(3)12-15(4)22(16(5)23(26)28-20)29-21-11-9-18(24)17(6)27-21/h13-18,20-22H,7-12,24H2,1-6H3/t13-,14-,15+,16-,17-,18-,20?,21-,22?/m1/s1. The summed E-state index contributed by atoms with van der Waals surface area (Å²) < 4.78 is 18.2. The van der Waals surface area contributed by atoms with Crippen molar-refractivity contribution in [3.63, 3.8) is 0 Å². The van der Waals surface area contributed by atoms with Crippen LogP contribution >= 0.6 is 0 Å². The molecule has 168 valence electrons. The molecule has 0 radical (unpaired) electrons. The van der Waals surface area contributed by atoms with E-state index in [-0.39, 0.29) is 60.2 Å². The van der Waals surface area contributed by atoms with Crippen molar-refractivity contribution in [1.29, 1.82) is 0 Å². The number of esters is 1. The van der Waals surface area contributed by atoms with Crippen molar-refractivity contribution in [2.75, 3.05) is 0 Å². The number of ether oxygens (including phenoxy) is 3. The Hall–Kier alpha value is -0.980. The highest BCUT2D eigenvalue weighted by Gasteiger charge is 2.38. The second-order valence-electron chi connectivity index (χ2n) is 9.38. The Kier molecular flexibility index (Phi) is 9.11. The van der Waals surface area contributed by atoms with Gasteiger partial charge in [0, 0.05) is 18.4 Å². The minimum absolute atomic E-state index is 0.00964. The first-order valence-electron chi connectivity index (χ1n) is 11.4. The number of rotatable bonds is 3. The first-order valence-corrected chi connectivity index (χ1v) is 11.4. The smallest absolute Gasteiger partial charge is 0.311 e. The zero-order valence-corrected chi connectivity index (χ0v) is 19.1. The fraction of sp³-hybridized carbons (Fsp3) is 0.913. The molecule has 0 spiro atoms. The molecule has 6 nitrogen and oxygen atoms in total. The molecule has 0 aliphatic carbocycles. The van der Waals surface area contributed by atoms with Crippen LogP contribution in [0.3, 0.4) is 0 Å². The molecule has 0 aromatic rings. The van der Waals surface area contributed by atoms with Crippen molar-refractivity contribution < 1.29 is 23.8 Å². The van der Waals surface area contributed by atoms with E-state index < -0.39 is 5.92 Å². The molecule has 2 heterocycles. The monoisotopic (exact) mass is 411 g/mol. The van der Waals surface area contributed by atoms with E-state index in [0.717, 1.165) is 19.3 Å². The summed E-state index contributed by atoms with van der Waals surface area (Å²) in [6.45, 7) is 12.0. The van der Waals surface area contributed by atoms with Gasteiger partial charge in [-0.15, -0.1) is 0 Å². The molecule has 2 unspecified atom stereocenters. The summed E-state index contributed by atoms with van der Waals surface area (Å²) in [5.41, 5.74) is 6.05. The van der Waals surface area contributed by atoms with Crippen molar-refractivity contribution in [1.82, 2.24) is 0 Å². The number of Topliss-reactive ketones (excluding diaryl/α,β-unsaturated/α-hetero) is 1. The summed E-state index contributed by atoms with van der Waals surface area (Å²) >= 11 is 0. The molecule has 0 bridgehead atoms. The number of ketones is 1. The van der Waals surface area contributed by atoms with E-state index in [2.05, 4.69) is 13.8 Å². The summed E-state index contributed by atoms with van der Waals surface area (Å²) in [5.74, 6) is -0.227. The molecule has 2 N–H and O–H groups in total. The third kappa shape index (κ3) is 6.50. The van der Waals surface area contributed by atoms with Gasteiger partial charge >= 0.3 is 5.97 Å². The van der Waals surface area contributed by atoms with Gasteiger partial charge in [-0.1, -0.05) is 27.7 Å². The van der Waals surface area contributed by atoms with Crippen molar-refractivity contribution >= 4 is 11.8 Å². The topological polar surface area (TPSA) is 87.8 Å². The SMILES string of the molecule is CCC1OC(=O)[C@H](C)C(O[C@@H]2CC[C@@H](N)[C@@H](C)O2)[C@@H](C)C[C@@H](C)C(=O)CC[C@H]1C. The maximum absolute atomic E-state index is 13.0. The molecule has 9 atom stereocenters. The van der Waals surface area contributed by atoms with E-state index >= 15 is 0 Å². The first kappa shape index (κ1) is 24.3. The molecule has 29 heavy (non-hydrogen) atoms. The highest BCUT2D eigenvalue weighted by molar-refractivity contribution is 5.80. The van der Waals surface area contributed by atoms with Gasteiger partial charge < -0.3 is 19.9 Å². The van der Waals surface area contributed by atoms with Gasteiger partial charge in [-0.05, 0) is 57.8 Å². The number of carbonyl (C=O) groups is 2. The molecule has 2 aliphatic heterocycles. The van der Waals surface area contributed by atoms with Crippen molar-refractivity contribution in [2.24, 2.45) is 29.4 Å². The van der Waals surface area contributed by atoms with Crippen LogP contribution in [0.25, 0.3) is 0 Å². The number of hydrogen-bond donors (Lipinski definition) is 1. The van der Waals surface area contributed by atoms with E-state index in [1.165, 1.54) is 0 Å². The Morgan fingerprint density at radius 3 is 2.34 bits per heavy atom. The van der Waals surface area contributed by atoms with E-state index in [4.69, 9.17) is 19.9 Å². The van der Waals surface area contributed by atoms with Crippen molar-refractivity contribution in [2.45, 2.75) is 111 Å².